The highest BCUT2D eigenvalue weighted by Gasteiger charge is 2.24. The second kappa shape index (κ2) is 22.4. The zero-order valence-corrected chi connectivity index (χ0v) is 38.6. The van der Waals surface area contributed by atoms with Crippen LogP contribution in [0.5, 0.6) is 5.75 Å². The van der Waals surface area contributed by atoms with Gasteiger partial charge >= 0.3 is 5.97 Å². The number of ether oxygens (including phenoxy) is 4. The SMILES string of the molecule is C=CC(=O)Nc1cc2c(Nc3ccc(F)c(Cl)c3)ncnc2cc1OCCOCCOCCOCCNC(=O)c1ccc(-c2c3ccc(=[N+](C)C)cc-3oc3cc(N(C)C)ccc23)c(C(=O)O)c1. The standard InChI is InChI=1S/C50H49ClFN7O9/c1-6-46(60)57-42-27-38-41(54-29-55-48(38)56-31-8-14-40(52)39(51)24-31)28-45(42)67-22-21-66-20-19-65-18-17-64-16-15-53-49(61)30-7-11-34(37(23-30)50(62)63)47-35-12-9-32(58(2)3)25-43(35)68-44-26-33(59(4)5)10-13-36(44)47/h6-14,23-29,53H,1,15-22H2,2-5H3,(H2,61,62,63)/p+1. The maximum absolute atomic E-state index is 13.7. The Morgan fingerprint density at radius 2 is 1.59 bits per heavy atom. The maximum atomic E-state index is 13.7. The molecule has 0 saturated carbocycles. The first-order valence-corrected chi connectivity index (χ1v) is 21.8. The fraction of sp³-hybridized carbons (Fsp3) is 0.240. The summed E-state index contributed by atoms with van der Waals surface area (Å²) in [5, 5.41) is 21.2. The number of nitrogens with one attached hydrogen (secondary N) is 3. The van der Waals surface area contributed by atoms with E-state index in [4.69, 9.17) is 35.0 Å². The Balaban J connectivity index is 0.858. The first-order valence-electron chi connectivity index (χ1n) is 21.5. The summed E-state index contributed by atoms with van der Waals surface area (Å²) in [6, 6.07) is 23.8. The lowest BCUT2D eigenvalue weighted by Crippen LogP contribution is -2.28. The lowest BCUT2D eigenvalue weighted by atomic mass is 9.89. The van der Waals surface area contributed by atoms with Crippen LogP contribution in [0, 0.1) is 5.82 Å². The molecule has 0 bridgehead atoms. The molecule has 0 fully saturated rings. The van der Waals surface area contributed by atoms with E-state index in [2.05, 4.69) is 32.5 Å². The Labute approximate surface area is 395 Å². The topological polar surface area (TPSA) is 190 Å². The minimum atomic E-state index is -1.17. The highest BCUT2D eigenvalue weighted by molar-refractivity contribution is 6.31. The fourth-order valence-electron chi connectivity index (χ4n) is 7.18. The number of halogens is 2. The average molecular weight is 947 g/mol. The number of carboxylic acids is 1. The molecule has 0 spiro atoms. The number of fused-ring (bicyclic) bond motifs is 3. The smallest absolute Gasteiger partial charge is 0.336 e. The summed E-state index contributed by atoms with van der Waals surface area (Å²) in [6.45, 7) is 5.42. The molecule has 7 rings (SSSR count). The third-order valence-corrected chi connectivity index (χ3v) is 10.9. The normalized spacial score (nSPS) is 11.1. The molecule has 352 valence electrons. The van der Waals surface area contributed by atoms with Crippen LogP contribution in [-0.4, -0.2) is 114 Å². The van der Waals surface area contributed by atoms with Gasteiger partial charge in [0.05, 0.1) is 67.5 Å². The summed E-state index contributed by atoms with van der Waals surface area (Å²) >= 11 is 5.95. The van der Waals surface area contributed by atoms with Crippen LogP contribution in [0.2, 0.25) is 5.02 Å². The predicted molar refractivity (Wildman–Crippen MR) is 260 cm³/mol. The maximum Gasteiger partial charge on any atom is 0.336 e. The van der Waals surface area contributed by atoms with Crippen LogP contribution in [0.4, 0.5) is 27.3 Å². The van der Waals surface area contributed by atoms with Crippen LogP contribution >= 0.6 is 11.6 Å². The van der Waals surface area contributed by atoms with Crippen LogP contribution in [0.15, 0.2) is 108 Å². The van der Waals surface area contributed by atoms with Gasteiger partial charge in [-0.15, -0.1) is 0 Å². The van der Waals surface area contributed by atoms with E-state index in [1.54, 1.807) is 24.3 Å². The Kier molecular flexibility index (Phi) is 16.0. The number of nitrogens with zero attached hydrogens (tertiary/aromatic N) is 4. The van der Waals surface area contributed by atoms with E-state index in [1.807, 2.05) is 74.1 Å². The zero-order chi connectivity index (χ0) is 48.3. The van der Waals surface area contributed by atoms with Gasteiger partial charge in [-0.05, 0) is 66.2 Å². The molecule has 0 unspecified atom stereocenters. The summed E-state index contributed by atoms with van der Waals surface area (Å²) in [4.78, 5) is 48.8. The van der Waals surface area contributed by atoms with Gasteiger partial charge in [-0.25, -0.2) is 23.7 Å². The molecule has 0 saturated heterocycles. The van der Waals surface area contributed by atoms with Gasteiger partial charge in [-0.1, -0.05) is 24.2 Å². The minimum absolute atomic E-state index is 0.0199. The number of benzene rings is 5. The van der Waals surface area contributed by atoms with Crippen molar-refractivity contribution in [3.8, 4) is 28.2 Å². The summed E-state index contributed by atoms with van der Waals surface area (Å²) in [5.74, 6) is -1.27. The molecule has 0 radical (unpaired) electrons. The number of aromatic nitrogens is 2. The van der Waals surface area contributed by atoms with Gasteiger partial charge in [0.15, 0.2) is 0 Å². The van der Waals surface area contributed by atoms with Gasteiger partial charge in [-0.2, -0.15) is 0 Å². The molecule has 1 aliphatic heterocycles. The van der Waals surface area contributed by atoms with Gasteiger partial charge in [0.2, 0.25) is 11.3 Å². The Bertz CT molecular complexity index is 3050. The second-order valence-corrected chi connectivity index (χ2v) is 16.1. The van der Waals surface area contributed by atoms with Gasteiger partial charge in [-0.3, -0.25) is 9.59 Å². The van der Waals surface area contributed by atoms with Crippen molar-refractivity contribution in [1.82, 2.24) is 19.9 Å². The molecule has 16 nitrogen and oxygen atoms in total. The number of hydrogen-bond donors (Lipinski definition) is 4. The summed E-state index contributed by atoms with van der Waals surface area (Å²) < 4.78 is 44.9. The Morgan fingerprint density at radius 1 is 0.853 bits per heavy atom. The lowest BCUT2D eigenvalue weighted by molar-refractivity contribution is -0.111. The number of aromatic carboxylic acids is 1. The second-order valence-electron chi connectivity index (χ2n) is 15.7. The van der Waals surface area contributed by atoms with Crippen molar-refractivity contribution >= 4 is 74.1 Å². The molecule has 0 atom stereocenters. The van der Waals surface area contributed by atoms with Crippen LogP contribution in [0.3, 0.4) is 0 Å². The van der Waals surface area contributed by atoms with Crippen LogP contribution in [0.1, 0.15) is 20.7 Å². The van der Waals surface area contributed by atoms with Crippen molar-refractivity contribution in [1.29, 1.82) is 0 Å². The quantitative estimate of drug-likeness (QED) is 0.0241. The minimum Gasteiger partial charge on any atom is -0.489 e. The number of carbonyl (C=O) groups is 3. The monoisotopic (exact) mass is 946 g/mol. The van der Waals surface area contributed by atoms with Gasteiger partial charge in [0.1, 0.15) is 55.8 Å². The summed E-state index contributed by atoms with van der Waals surface area (Å²) in [7, 11) is 7.74. The molecular formula is C50H50ClFN7O9+. The van der Waals surface area contributed by atoms with E-state index < -0.39 is 23.6 Å². The van der Waals surface area contributed by atoms with Crippen LogP contribution in [0.25, 0.3) is 44.3 Å². The highest BCUT2D eigenvalue weighted by Crippen LogP contribution is 2.42. The first kappa shape index (κ1) is 48.5. The molecule has 2 heterocycles. The number of carbonyl (C=O) groups excluding carboxylic acids is 2. The van der Waals surface area contributed by atoms with Crippen molar-refractivity contribution in [2.24, 2.45) is 0 Å². The van der Waals surface area contributed by atoms with Crippen LogP contribution in [-0.2, 0) is 19.0 Å². The molecule has 1 aromatic heterocycles. The van der Waals surface area contributed by atoms with E-state index >= 15 is 0 Å². The van der Waals surface area contributed by atoms with Crippen molar-refractivity contribution in [3.05, 3.63) is 131 Å². The van der Waals surface area contributed by atoms with Crippen molar-refractivity contribution in [2.45, 2.75) is 0 Å². The lowest BCUT2D eigenvalue weighted by Gasteiger charge is -2.19. The zero-order valence-electron chi connectivity index (χ0n) is 37.9. The Morgan fingerprint density at radius 3 is 2.29 bits per heavy atom. The largest absolute Gasteiger partial charge is 0.489 e. The molecule has 1 aliphatic carbocycles. The van der Waals surface area contributed by atoms with Crippen LogP contribution < -0.4 is 35.5 Å². The molecule has 4 aromatic carbocycles. The Hall–Kier alpha value is -7.44. The third-order valence-electron chi connectivity index (χ3n) is 10.6. The fourth-order valence-corrected chi connectivity index (χ4v) is 7.36. The summed E-state index contributed by atoms with van der Waals surface area (Å²) in [6.07, 6.45) is 2.50. The van der Waals surface area contributed by atoms with E-state index in [0.717, 1.165) is 28.1 Å². The molecule has 5 aromatic rings. The predicted octanol–water partition coefficient (Wildman–Crippen LogP) is 7.46. The number of carboxylic acid groups (broad SMARTS) is 1. The first-order chi connectivity index (χ1) is 32.8. The average Bonchev–Trinajstić information content (AvgIpc) is 3.32. The van der Waals surface area contributed by atoms with Gasteiger partial charge in [0, 0.05) is 77.7 Å². The van der Waals surface area contributed by atoms with Crippen molar-refractivity contribution in [2.75, 3.05) is 96.5 Å². The van der Waals surface area contributed by atoms with Crippen molar-refractivity contribution < 1.29 is 47.2 Å². The molecular weight excluding hydrogens is 897 g/mol. The third kappa shape index (κ3) is 11.7. The van der Waals surface area contributed by atoms with Gasteiger partial charge < -0.3 is 49.3 Å². The number of hydrogen-bond acceptors (Lipinski definition) is 12. The molecule has 4 N–H and O–H groups in total. The number of anilines is 4. The molecule has 2 aliphatic rings. The molecule has 68 heavy (non-hydrogen) atoms. The van der Waals surface area contributed by atoms with Gasteiger partial charge in [0.25, 0.3) is 5.91 Å². The van der Waals surface area contributed by atoms with E-state index in [9.17, 15) is 23.9 Å². The highest BCUT2D eigenvalue weighted by atomic mass is 35.5. The number of amides is 2. The molecule has 18 heteroatoms. The summed E-state index contributed by atoms with van der Waals surface area (Å²) in [5.41, 5.74) is 4.96. The molecule has 2 amide bonds. The van der Waals surface area contributed by atoms with E-state index in [1.165, 1.54) is 30.6 Å². The number of rotatable bonds is 21. The van der Waals surface area contributed by atoms with Crippen molar-refractivity contribution in [3.63, 3.8) is 0 Å². The van der Waals surface area contributed by atoms with E-state index in [-0.39, 0.29) is 62.3 Å². The van der Waals surface area contributed by atoms with E-state index in [0.29, 0.717) is 62.9 Å².